The maximum absolute atomic E-state index is 9.93. The number of rotatable bonds is 7. The van der Waals surface area contributed by atoms with Crippen molar-refractivity contribution in [2.45, 2.75) is 31.8 Å². The summed E-state index contributed by atoms with van der Waals surface area (Å²) in [5.41, 5.74) is 12.5. The molecule has 4 heterocycles. The molecule has 2 aromatic carbocycles. The van der Waals surface area contributed by atoms with Gasteiger partial charge in [0.05, 0.1) is 33.5 Å². The molecule has 6 rings (SSSR count). The number of halogens is 3. The molecule has 1 fully saturated rings. The summed E-state index contributed by atoms with van der Waals surface area (Å²) < 4.78 is 0. The number of aromatic nitrogens is 2. The van der Waals surface area contributed by atoms with Crippen molar-refractivity contribution >= 4 is 62.8 Å². The molecule has 42 heavy (non-hydrogen) atoms. The van der Waals surface area contributed by atoms with Crippen molar-refractivity contribution in [3.05, 3.63) is 98.6 Å². The SMILES string of the molecule is Cc1ccc(Nc2c(C#N)cnc3c(Cl)cc(N[C@H](C4=CN(C5CCNCC5)NN4)c4ccc(Cl)nc4)cc23)cc1Cl. The van der Waals surface area contributed by atoms with Gasteiger partial charge in [-0.2, -0.15) is 5.26 Å². The predicted octanol–water partition coefficient (Wildman–Crippen LogP) is 6.59. The van der Waals surface area contributed by atoms with Crippen molar-refractivity contribution in [1.82, 2.24) is 31.3 Å². The van der Waals surface area contributed by atoms with Gasteiger partial charge >= 0.3 is 0 Å². The monoisotopic (exact) mass is 619 g/mol. The molecule has 1 atom stereocenters. The summed E-state index contributed by atoms with van der Waals surface area (Å²) >= 11 is 19.3. The van der Waals surface area contributed by atoms with Crippen molar-refractivity contribution in [3.63, 3.8) is 0 Å². The lowest BCUT2D eigenvalue weighted by Crippen LogP contribution is -2.47. The first kappa shape index (κ1) is 28.3. The quantitative estimate of drug-likeness (QED) is 0.146. The van der Waals surface area contributed by atoms with Crippen LogP contribution in [0.2, 0.25) is 15.2 Å². The van der Waals surface area contributed by atoms with Crippen LogP contribution in [0.1, 0.15) is 35.6 Å². The molecule has 0 bridgehead atoms. The fraction of sp³-hybridized carbons (Fsp3) is 0.233. The minimum absolute atomic E-state index is 0.318. The van der Waals surface area contributed by atoms with E-state index in [0.717, 1.165) is 54.1 Å². The number of anilines is 3. The number of benzene rings is 2. The van der Waals surface area contributed by atoms with Gasteiger partial charge in [0.15, 0.2) is 0 Å². The Morgan fingerprint density at radius 2 is 1.81 bits per heavy atom. The molecule has 5 N–H and O–H groups in total. The van der Waals surface area contributed by atoms with Crippen LogP contribution in [0.25, 0.3) is 10.9 Å². The Kier molecular flexibility index (Phi) is 8.24. The largest absolute Gasteiger partial charge is 0.373 e. The van der Waals surface area contributed by atoms with E-state index in [1.165, 1.54) is 6.20 Å². The van der Waals surface area contributed by atoms with Gasteiger partial charge in [-0.05, 0) is 74.3 Å². The number of hydrazine groups is 2. The van der Waals surface area contributed by atoms with Gasteiger partial charge in [0.2, 0.25) is 0 Å². The lowest BCUT2D eigenvalue weighted by Gasteiger charge is -2.30. The molecule has 0 saturated carbocycles. The molecule has 4 aromatic rings. The highest BCUT2D eigenvalue weighted by atomic mass is 35.5. The third-order valence-corrected chi connectivity index (χ3v) is 8.42. The van der Waals surface area contributed by atoms with Crippen molar-refractivity contribution in [3.8, 4) is 6.07 Å². The number of piperidine rings is 1. The second-order valence-electron chi connectivity index (χ2n) is 10.3. The third kappa shape index (κ3) is 5.91. The lowest BCUT2D eigenvalue weighted by atomic mass is 10.0. The van der Waals surface area contributed by atoms with Crippen LogP contribution < -0.4 is 26.9 Å². The third-order valence-electron chi connectivity index (χ3n) is 7.50. The molecule has 0 amide bonds. The average Bonchev–Trinajstić information content (AvgIpc) is 3.49. The highest BCUT2D eigenvalue weighted by molar-refractivity contribution is 6.36. The van der Waals surface area contributed by atoms with Crippen LogP contribution in [0.4, 0.5) is 17.1 Å². The minimum Gasteiger partial charge on any atom is -0.373 e. The molecule has 214 valence electrons. The summed E-state index contributed by atoms with van der Waals surface area (Å²) in [4.78, 5) is 8.82. The number of nitrogens with zero attached hydrogens (tertiary/aromatic N) is 4. The molecule has 0 aliphatic carbocycles. The summed E-state index contributed by atoms with van der Waals surface area (Å²) in [6.07, 6.45) is 7.44. The molecule has 2 aliphatic heterocycles. The zero-order chi connectivity index (χ0) is 29.2. The van der Waals surface area contributed by atoms with Gasteiger partial charge in [-0.25, -0.2) is 4.98 Å². The van der Waals surface area contributed by atoms with Crippen LogP contribution in [-0.2, 0) is 0 Å². The number of aryl methyl sites for hydroxylation is 1. The smallest absolute Gasteiger partial charge is 0.129 e. The molecule has 1 saturated heterocycles. The van der Waals surface area contributed by atoms with Gasteiger partial charge in [0, 0.05) is 46.4 Å². The summed E-state index contributed by atoms with van der Waals surface area (Å²) in [5, 5.41) is 24.6. The fourth-order valence-electron chi connectivity index (χ4n) is 5.21. The average molecular weight is 621 g/mol. The van der Waals surface area contributed by atoms with E-state index in [1.807, 2.05) is 43.3 Å². The number of nitriles is 1. The highest BCUT2D eigenvalue weighted by Gasteiger charge is 2.28. The zero-order valence-corrected chi connectivity index (χ0v) is 24.9. The number of fused-ring (bicyclic) bond motifs is 1. The van der Waals surface area contributed by atoms with Crippen molar-refractivity contribution < 1.29 is 0 Å². The van der Waals surface area contributed by atoms with E-state index in [0.29, 0.717) is 43.4 Å². The maximum atomic E-state index is 9.93. The van der Waals surface area contributed by atoms with Crippen LogP contribution >= 0.6 is 34.8 Å². The first-order valence-corrected chi connectivity index (χ1v) is 14.7. The second kappa shape index (κ2) is 12.2. The Morgan fingerprint density at radius 1 is 1.00 bits per heavy atom. The molecular formula is C30H28Cl3N9. The summed E-state index contributed by atoms with van der Waals surface area (Å²) in [6, 6.07) is 15.5. The maximum Gasteiger partial charge on any atom is 0.129 e. The molecular weight excluding hydrogens is 593 g/mol. The van der Waals surface area contributed by atoms with Gasteiger partial charge in [-0.3, -0.25) is 9.99 Å². The fourth-order valence-corrected chi connectivity index (χ4v) is 5.77. The van der Waals surface area contributed by atoms with E-state index < -0.39 is 0 Å². The lowest BCUT2D eigenvalue weighted by molar-refractivity contribution is 0.162. The van der Waals surface area contributed by atoms with E-state index in [1.54, 1.807) is 12.3 Å². The van der Waals surface area contributed by atoms with Gasteiger partial charge in [0.25, 0.3) is 0 Å². The molecule has 12 heteroatoms. The first-order chi connectivity index (χ1) is 20.4. The minimum atomic E-state index is -0.318. The Balaban J connectivity index is 1.39. The van der Waals surface area contributed by atoms with E-state index in [9.17, 15) is 5.26 Å². The summed E-state index contributed by atoms with van der Waals surface area (Å²) in [5.74, 6) is 0. The van der Waals surface area contributed by atoms with Crippen LogP contribution in [-0.4, -0.2) is 34.1 Å². The zero-order valence-electron chi connectivity index (χ0n) is 22.7. The van der Waals surface area contributed by atoms with Crippen LogP contribution in [0, 0.1) is 18.3 Å². The Bertz CT molecular complexity index is 1700. The van der Waals surface area contributed by atoms with Crippen LogP contribution in [0.15, 0.2) is 66.8 Å². The number of hydrogen-bond donors (Lipinski definition) is 5. The van der Waals surface area contributed by atoms with E-state index in [4.69, 9.17) is 34.8 Å². The molecule has 0 spiro atoms. The molecule has 2 aromatic heterocycles. The Labute approximate surface area is 258 Å². The van der Waals surface area contributed by atoms with Gasteiger partial charge in [-0.15, -0.1) is 5.53 Å². The van der Waals surface area contributed by atoms with Gasteiger partial charge in [0.1, 0.15) is 11.2 Å². The molecule has 0 unspecified atom stereocenters. The Hall–Kier alpha value is -3.78. The molecule has 0 radical (unpaired) electrons. The van der Waals surface area contributed by atoms with Gasteiger partial charge < -0.3 is 21.4 Å². The van der Waals surface area contributed by atoms with E-state index in [-0.39, 0.29) is 6.04 Å². The van der Waals surface area contributed by atoms with Crippen LogP contribution in [0.5, 0.6) is 0 Å². The van der Waals surface area contributed by atoms with Crippen LogP contribution in [0.3, 0.4) is 0 Å². The van der Waals surface area contributed by atoms with Crippen molar-refractivity contribution in [2.75, 3.05) is 23.7 Å². The normalized spacial score (nSPS) is 16.1. The highest BCUT2D eigenvalue weighted by Crippen LogP contribution is 2.37. The van der Waals surface area contributed by atoms with Gasteiger partial charge in [-0.1, -0.05) is 46.9 Å². The Morgan fingerprint density at radius 3 is 2.55 bits per heavy atom. The number of pyridine rings is 2. The summed E-state index contributed by atoms with van der Waals surface area (Å²) in [6.45, 7) is 3.90. The predicted molar refractivity (Wildman–Crippen MR) is 169 cm³/mol. The number of hydrogen-bond acceptors (Lipinski definition) is 9. The standard InChI is InChI=1S/C30H28Cl3N9/c1-17-2-4-20(11-24(17)31)38-28-19(13-34)15-37-30-23(28)10-21(12-25(30)32)39-29(18-3-5-27(33)36-14-18)26-16-42(41-40-26)22-6-8-35-9-7-22/h2-5,10-12,14-16,22,29,35,39-41H,6-9H2,1H3,(H,37,38)/t29-/m0/s1. The van der Waals surface area contributed by atoms with E-state index in [2.05, 4.69) is 54.2 Å². The second-order valence-corrected chi connectivity index (χ2v) is 11.5. The summed E-state index contributed by atoms with van der Waals surface area (Å²) in [7, 11) is 0. The van der Waals surface area contributed by atoms with Crippen molar-refractivity contribution in [2.24, 2.45) is 0 Å². The van der Waals surface area contributed by atoms with E-state index >= 15 is 0 Å². The molecule has 2 aliphatic rings. The molecule has 9 nitrogen and oxygen atoms in total. The topological polar surface area (TPSA) is 113 Å². The number of nitrogens with one attached hydrogen (secondary N) is 5. The van der Waals surface area contributed by atoms with Crippen molar-refractivity contribution in [1.29, 1.82) is 5.26 Å². The first-order valence-electron chi connectivity index (χ1n) is 13.6.